The van der Waals surface area contributed by atoms with Crippen LogP contribution in [0.25, 0.3) is 0 Å². The van der Waals surface area contributed by atoms with Gasteiger partial charge in [0, 0.05) is 41.4 Å². The Bertz CT molecular complexity index is 878. The summed E-state index contributed by atoms with van der Waals surface area (Å²) >= 11 is 6.97. The van der Waals surface area contributed by atoms with Gasteiger partial charge >= 0.3 is 0 Å². The summed E-state index contributed by atoms with van der Waals surface area (Å²) in [5, 5.41) is 6.46. The molecule has 2 aromatic carbocycles. The first-order valence-corrected chi connectivity index (χ1v) is 11.4. The Morgan fingerprint density at radius 1 is 1.00 bits per heavy atom. The molecule has 0 spiro atoms. The zero-order chi connectivity index (χ0) is 20.2. The number of hydrazone groups is 1. The van der Waals surface area contributed by atoms with Gasteiger partial charge in [-0.2, -0.15) is 5.10 Å². The normalized spacial score (nSPS) is 20.0. The van der Waals surface area contributed by atoms with Crippen LogP contribution in [0.1, 0.15) is 30.0 Å². The molecule has 2 heterocycles. The highest BCUT2D eigenvalue weighted by molar-refractivity contribution is 9.10. The number of benzene rings is 2. The average molecular weight is 521 g/mol. The number of carbonyl (C=O) groups is 1. The maximum absolute atomic E-state index is 13.1. The minimum absolute atomic E-state index is 0.0662. The van der Waals surface area contributed by atoms with Gasteiger partial charge in [0.2, 0.25) is 5.91 Å². The van der Waals surface area contributed by atoms with Crippen LogP contribution in [0.3, 0.4) is 0 Å². The molecule has 29 heavy (non-hydrogen) atoms. The second kappa shape index (κ2) is 9.51. The van der Waals surface area contributed by atoms with E-state index < -0.39 is 0 Å². The van der Waals surface area contributed by atoms with E-state index in [4.69, 9.17) is 9.84 Å². The van der Waals surface area contributed by atoms with Crippen molar-refractivity contribution in [3.63, 3.8) is 0 Å². The molecule has 0 aliphatic carbocycles. The second-order valence-corrected chi connectivity index (χ2v) is 9.10. The average Bonchev–Trinajstić information content (AvgIpc) is 3.19. The predicted octanol–water partition coefficient (Wildman–Crippen LogP) is 4.61. The number of carbonyl (C=O) groups excluding carboxylic acids is 1. The third-order valence-electron chi connectivity index (χ3n) is 5.34. The second-order valence-electron chi connectivity index (χ2n) is 7.27. The van der Waals surface area contributed by atoms with Gasteiger partial charge in [0.05, 0.1) is 25.0 Å². The topological polar surface area (TPSA) is 45.1 Å². The minimum Gasteiger partial charge on any atom is -0.379 e. The van der Waals surface area contributed by atoms with E-state index in [1.165, 1.54) is 0 Å². The molecule has 0 N–H and O–H groups in total. The van der Waals surface area contributed by atoms with Gasteiger partial charge in [-0.1, -0.05) is 56.1 Å². The summed E-state index contributed by atoms with van der Waals surface area (Å²) in [4.78, 5) is 15.4. The highest BCUT2D eigenvalue weighted by Gasteiger charge is 2.33. The van der Waals surface area contributed by atoms with E-state index in [1.54, 1.807) is 5.01 Å². The largest absolute Gasteiger partial charge is 0.379 e. The number of hydrogen-bond donors (Lipinski definition) is 0. The van der Waals surface area contributed by atoms with E-state index in [2.05, 4.69) is 48.9 Å². The third-order valence-corrected chi connectivity index (χ3v) is 6.40. The molecular formula is C22H23Br2N3O2. The summed E-state index contributed by atoms with van der Waals surface area (Å²) in [6.45, 7) is 4.00. The van der Waals surface area contributed by atoms with Gasteiger partial charge in [-0.05, 0) is 35.4 Å². The Morgan fingerprint density at radius 2 is 1.62 bits per heavy atom. The van der Waals surface area contributed by atoms with Crippen LogP contribution >= 0.6 is 31.9 Å². The maximum atomic E-state index is 13.1. The van der Waals surface area contributed by atoms with E-state index in [9.17, 15) is 4.79 Å². The van der Waals surface area contributed by atoms with Crippen LogP contribution in [-0.2, 0) is 9.53 Å². The number of morpholine rings is 1. The maximum Gasteiger partial charge on any atom is 0.244 e. The molecule has 7 heteroatoms. The molecule has 1 atom stereocenters. The van der Waals surface area contributed by atoms with Gasteiger partial charge < -0.3 is 4.74 Å². The smallest absolute Gasteiger partial charge is 0.244 e. The molecule has 2 aliphatic rings. The Morgan fingerprint density at radius 3 is 2.28 bits per heavy atom. The first-order valence-electron chi connectivity index (χ1n) is 9.81. The summed E-state index contributed by atoms with van der Waals surface area (Å²) in [5.74, 6) is 0.0662. The van der Waals surface area contributed by atoms with Crippen molar-refractivity contribution in [2.45, 2.75) is 18.9 Å². The number of nitrogens with zero attached hydrogens (tertiary/aromatic N) is 3. The standard InChI is InChI=1S/C22H23Br2N3O2/c23-18-5-1-16(2-6-18)20-15-21(17-3-7-19(24)8-4-17)27(25-20)22(28)9-10-26-11-13-29-14-12-26/h1-8,21H,9-15H2/t21-/m0/s1. The van der Waals surface area contributed by atoms with Gasteiger partial charge in [0.25, 0.3) is 0 Å². The molecule has 1 fully saturated rings. The lowest BCUT2D eigenvalue weighted by Crippen LogP contribution is -2.39. The fourth-order valence-corrected chi connectivity index (χ4v) is 4.22. The summed E-state index contributed by atoms with van der Waals surface area (Å²) in [7, 11) is 0. The Kier molecular flexibility index (Phi) is 6.80. The zero-order valence-electron chi connectivity index (χ0n) is 16.1. The molecule has 152 valence electrons. The molecule has 2 aliphatic heterocycles. The van der Waals surface area contributed by atoms with Gasteiger partial charge in [0.15, 0.2) is 0 Å². The fraction of sp³-hybridized carbons (Fsp3) is 0.364. The van der Waals surface area contributed by atoms with Crippen molar-refractivity contribution < 1.29 is 9.53 Å². The Labute approximate surface area is 188 Å². The van der Waals surface area contributed by atoms with Crippen LogP contribution in [-0.4, -0.2) is 54.4 Å². The first-order chi connectivity index (χ1) is 14.1. The lowest BCUT2D eigenvalue weighted by molar-refractivity contribution is -0.133. The highest BCUT2D eigenvalue weighted by Crippen LogP contribution is 2.34. The van der Waals surface area contributed by atoms with Gasteiger partial charge in [-0.25, -0.2) is 5.01 Å². The van der Waals surface area contributed by atoms with Crippen molar-refractivity contribution in [3.8, 4) is 0 Å². The van der Waals surface area contributed by atoms with Gasteiger partial charge in [0.1, 0.15) is 0 Å². The van der Waals surface area contributed by atoms with Crippen LogP contribution in [0.5, 0.6) is 0 Å². The lowest BCUT2D eigenvalue weighted by atomic mass is 9.98. The van der Waals surface area contributed by atoms with Crippen LogP contribution in [0.15, 0.2) is 62.6 Å². The van der Waals surface area contributed by atoms with Crippen LogP contribution < -0.4 is 0 Å². The fourth-order valence-electron chi connectivity index (χ4n) is 3.69. The lowest BCUT2D eigenvalue weighted by Gasteiger charge is -2.27. The minimum atomic E-state index is -0.0704. The van der Waals surface area contributed by atoms with Crippen molar-refractivity contribution in [2.24, 2.45) is 5.10 Å². The van der Waals surface area contributed by atoms with E-state index >= 15 is 0 Å². The summed E-state index contributed by atoms with van der Waals surface area (Å²) < 4.78 is 7.45. The van der Waals surface area contributed by atoms with Crippen LogP contribution in [0.2, 0.25) is 0 Å². The van der Waals surface area contributed by atoms with Crippen molar-refractivity contribution in [1.29, 1.82) is 0 Å². The van der Waals surface area contributed by atoms with E-state index in [-0.39, 0.29) is 11.9 Å². The summed E-state index contributed by atoms with van der Waals surface area (Å²) in [6, 6.07) is 16.2. The summed E-state index contributed by atoms with van der Waals surface area (Å²) in [5.41, 5.74) is 3.10. The van der Waals surface area contributed by atoms with Crippen molar-refractivity contribution in [3.05, 3.63) is 68.6 Å². The Balaban J connectivity index is 1.53. The first kappa shape index (κ1) is 20.7. The molecular weight excluding hydrogens is 498 g/mol. The number of hydrogen-bond acceptors (Lipinski definition) is 4. The van der Waals surface area contributed by atoms with Crippen molar-refractivity contribution >= 4 is 43.5 Å². The van der Waals surface area contributed by atoms with E-state index in [0.29, 0.717) is 12.8 Å². The molecule has 0 radical (unpaired) electrons. The highest BCUT2D eigenvalue weighted by atomic mass is 79.9. The Hall–Kier alpha value is -1.54. The van der Waals surface area contributed by atoms with Crippen molar-refractivity contribution in [1.82, 2.24) is 9.91 Å². The van der Waals surface area contributed by atoms with Crippen LogP contribution in [0.4, 0.5) is 0 Å². The van der Waals surface area contributed by atoms with Gasteiger partial charge in [-0.3, -0.25) is 9.69 Å². The van der Waals surface area contributed by atoms with Crippen molar-refractivity contribution in [2.75, 3.05) is 32.8 Å². The summed E-state index contributed by atoms with van der Waals surface area (Å²) in [6.07, 6.45) is 1.18. The molecule has 5 nitrogen and oxygen atoms in total. The quantitative estimate of drug-likeness (QED) is 0.578. The van der Waals surface area contributed by atoms with Crippen LogP contribution in [0, 0.1) is 0 Å². The molecule has 2 aromatic rings. The molecule has 0 bridgehead atoms. The van der Waals surface area contributed by atoms with Gasteiger partial charge in [-0.15, -0.1) is 0 Å². The molecule has 1 saturated heterocycles. The van der Waals surface area contributed by atoms with E-state index in [1.807, 2.05) is 36.4 Å². The molecule has 0 saturated carbocycles. The molecule has 1 amide bonds. The number of ether oxygens (including phenoxy) is 1. The zero-order valence-corrected chi connectivity index (χ0v) is 19.2. The monoisotopic (exact) mass is 519 g/mol. The predicted molar refractivity (Wildman–Crippen MR) is 121 cm³/mol. The van der Waals surface area contributed by atoms with E-state index in [0.717, 1.165) is 58.6 Å². The SMILES string of the molecule is O=C(CCN1CCOCC1)N1N=C(c2ccc(Br)cc2)C[C@H]1c1ccc(Br)cc1. The number of rotatable bonds is 5. The number of halogens is 2. The molecule has 4 rings (SSSR count). The molecule has 0 aromatic heterocycles. The number of amides is 1. The molecule has 0 unspecified atom stereocenters. The third kappa shape index (κ3) is 5.15.